The minimum Gasteiger partial charge on any atom is -0.497 e. The highest BCUT2D eigenvalue weighted by Crippen LogP contribution is 2.30. The molecular formula is C25H26FN3O2. The largest absolute Gasteiger partial charge is 0.497 e. The SMILES string of the molecule is CCC[C@H](N)[C@H](Oc1ccc2c(cnn2-c2ccc(F)cc2)c1)c1cccc(OC)c1. The number of hydrogen-bond acceptors (Lipinski definition) is 4. The second kappa shape index (κ2) is 9.18. The van der Waals surface area contributed by atoms with Gasteiger partial charge in [-0.25, -0.2) is 9.07 Å². The van der Waals surface area contributed by atoms with Crippen molar-refractivity contribution in [3.05, 3.63) is 84.3 Å². The first kappa shape index (κ1) is 20.9. The molecule has 0 saturated carbocycles. The maximum atomic E-state index is 13.3. The molecule has 4 aromatic rings. The fourth-order valence-corrected chi connectivity index (χ4v) is 3.72. The molecule has 31 heavy (non-hydrogen) atoms. The van der Waals surface area contributed by atoms with E-state index in [1.165, 1.54) is 12.1 Å². The molecule has 0 spiro atoms. The fraction of sp³-hybridized carbons (Fsp3) is 0.240. The van der Waals surface area contributed by atoms with E-state index in [0.29, 0.717) is 5.75 Å². The minimum atomic E-state index is -0.306. The van der Waals surface area contributed by atoms with Crippen LogP contribution in [-0.2, 0) is 0 Å². The molecule has 0 aliphatic carbocycles. The molecule has 0 aliphatic heterocycles. The van der Waals surface area contributed by atoms with Gasteiger partial charge in [0.05, 0.1) is 24.5 Å². The van der Waals surface area contributed by atoms with Crippen LogP contribution in [0.2, 0.25) is 0 Å². The number of aromatic nitrogens is 2. The van der Waals surface area contributed by atoms with Crippen molar-refractivity contribution in [3.8, 4) is 17.2 Å². The summed E-state index contributed by atoms with van der Waals surface area (Å²) in [5.74, 6) is 1.21. The maximum Gasteiger partial charge on any atom is 0.139 e. The summed E-state index contributed by atoms with van der Waals surface area (Å²) in [6.07, 6.45) is 3.28. The van der Waals surface area contributed by atoms with Crippen molar-refractivity contribution in [1.82, 2.24) is 9.78 Å². The first-order valence-corrected chi connectivity index (χ1v) is 10.4. The van der Waals surface area contributed by atoms with Gasteiger partial charge in [-0.3, -0.25) is 0 Å². The number of methoxy groups -OCH3 is 1. The number of rotatable bonds is 8. The Balaban J connectivity index is 1.65. The summed E-state index contributed by atoms with van der Waals surface area (Å²) in [5, 5.41) is 5.38. The Hall–Kier alpha value is -3.38. The van der Waals surface area contributed by atoms with E-state index in [9.17, 15) is 4.39 Å². The molecule has 1 heterocycles. The number of nitrogens with zero attached hydrogens (tertiary/aromatic N) is 2. The third-order valence-electron chi connectivity index (χ3n) is 5.31. The molecule has 1 aromatic heterocycles. The van der Waals surface area contributed by atoms with Crippen LogP contribution in [-0.4, -0.2) is 22.9 Å². The van der Waals surface area contributed by atoms with Gasteiger partial charge in [-0.2, -0.15) is 5.10 Å². The Kier molecular flexibility index (Phi) is 6.18. The van der Waals surface area contributed by atoms with E-state index in [4.69, 9.17) is 15.2 Å². The predicted octanol–water partition coefficient (Wildman–Crippen LogP) is 5.42. The molecular weight excluding hydrogens is 393 g/mol. The zero-order chi connectivity index (χ0) is 21.8. The van der Waals surface area contributed by atoms with Crippen molar-refractivity contribution < 1.29 is 13.9 Å². The number of halogens is 1. The molecule has 0 fully saturated rings. The highest BCUT2D eigenvalue weighted by atomic mass is 19.1. The van der Waals surface area contributed by atoms with Gasteiger partial charge in [-0.15, -0.1) is 0 Å². The van der Waals surface area contributed by atoms with Gasteiger partial charge in [0.2, 0.25) is 0 Å². The lowest BCUT2D eigenvalue weighted by Crippen LogP contribution is -2.32. The predicted molar refractivity (Wildman–Crippen MR) is 120 cm³/mol. The third kappa shape index (κ3) is 4.54. The van der Waals surface area contributed by atoms with E-state index < -0.39 is 0 Å². The van der Waals surface area contributed by atoms with Crippen molar-refractivity contribution in [2.75, 3.05) is 7.11 Å². The topological polar surface area (TPSA) is 62.3 Å². The maximum absolute atomic E-state index is 13.3. The fourth-order valence-electron chi connectivity index (χ4n) is 3.72. The molecule has 6 heteroatoms. The van der Waals surface area contributed by atoms with Crippen LogP contribution in [0.1, 0.15) is 31.4 Å². The molecule has 0 aliphatic rings. The number of ether oxygens (including phenoxy) is 2. The van der Waals surface area contributed by atoms with Crippen LogP contribution in [0, 0.1) is 5.82 Å². The summed E-state index contributed by atoms with van der Waals surface area (Å²) >= 11 is 0. The first-order chi connectivity index (χ1) is 15.1. The smallest absolute Gasteiger partial charge is 0.139 e. The lowest BCUT2D eigenvalue weighted by atomic mass is 9.99. The van der Waals surface area contributed by atoms with Crippen LogP contribution in [0.15, 0.2) is 72.9 Å². The summed E-state index contributed by atoms with van der Waals surface area (Å²) < 4.78 is 26.8. The Morgan fingerprint density at radius 3 is 2.58 bits per heavy atom. The van der Waals surface area contributed by atoms with Crippen LogP contribution in [0.4, 0.5) is 4.39 Å². The summed E-state index contributed by atoms with van der Waals surface area (Å²) in [5.41, 5.74) is 9.17. The molecule has 0 unspecified atom stereocenters. The van der Waals surface area contributed by atoms with Gasteiger partial charge in [0.1, 0.15) is 23.4 Å². The molecule has 0 bridgehead atoms. The van der Waals surface area contributed by atoms with Gasteiger partial charge in [0.25, 0.3) is 0 Å². The Labute approximate surface area is 181 Å². The molecule has 3 aromatic carbocycles. The molecule has 0 saturated heterocycles. The van der Waals surface area contributed by atoms with E-state index >= 15 is 0 Å². The van der Waals surface area contributed by atoms with E-state index in [0.717, 1.165) is 40.7 Å². The Morgan fingerprint density at radius 1 is 1.03 bits per heavy atom. The zero-order valence-corrected chi connectivity index (χ0v) is 17.7. The van der Waals surface area contributed by atoms with Gasteiger partial charge < -0.3 is 15.2 Å². The zero-order valence-electron chi connectivity index (χ0n) is 17.7. The lowest BCUT2D eigenvalue weighted by molar-refractivity contribution is 0.168. The normalized spacial score (nSPS) is 13.2. The van der Waals surface area contributed by atoms with Gasteiger partial charge in [-0.1, -0.05) is 25.5 Å². The molecule has 2 atom stereocenters. The van der Waals surface area contributed by atoms with E-state index in [2.05, 4.69) is 12.0 Å². The van der Waals surface area contributed by atoms with Gasteiger partial charge >= 0.3 is 0 Å². The summed E-state index contributed by atoms with van der Waals surface area (Å²) in [7, 11) is 1.65. The molecule has 2 N–H and O–H groups in total. The highest BCUT2D eigenvalue weighted by molar-refractivity contribution is 5.81. The van der Waals surface area contributed by atoms with Crippen LogP contribution >= 0.6 is 0 Å². The molecule has 4 rings (SSSR count). The van der Waals surface area contributed by atoms with Crippen LogP contribution in [0.3, 0.4) is 0 Å². The molecule has 0 amide bonds. The number of hydrogen-bond donors (Lipinski definition) is 1. The van der Waals surface area contributed by atoms with E-state index in [1.54, 1.807) is 30.1 Å². The second-order valence-corrected chi connectivity index (χ2v) is 7.52. The summed E-state index contributed by atoms with van der Waals surface area (Å²) in [6, 6.07) is 19.7. The van der Waals surface area contributed by atoms with Gasteiger partial charge in [0.15, 0.2) is 0 Å². The van der Waals surface area contributed by atoms with E-state index in [-0.39, 0.29) is 18.0 Å². The van der Waals surface area contributed by atoms with Crippen molar-refractivity contribution in [3.63, 3.8) is 0 Å². The number of nitrogens with two attached hydrogens (primary N) is 1. The molecule has 0 radical (unpaired) electrons. The number of benzene rings is 3. The van der Waals surface area contributed by atoms with E-state index in [1.807, 2.05) is 42.5 Å². The Bertz CT molecular complexity index is 1160. The van der Waals surface area contributed by atoms with Crippen molar-refractivity contribution in [1.29, 1.82) is 0 Å². The monoisotopic (exact) mass is 419 g/mol. The third-order valence-corrected chi connectivity index (χ3v) is 5.31. The van der Waals surface area contributed by atoms with Gasteiger partial charge in [-0.05, 0) is 66.6 Å². The first-order valence-electron chi connectivity index (χ1n) is 10.4. The quantitative estimate of drug-likeness (QED) is 0.414. The van der Waals surface area contributed by atoms with Crippen molar-refractivity contribution in [2.45, 2.75) is 31.9 Å². The minimum absolute atomic E-state index is 0.158. The highest BCUT2D eigenvalue weighted by Gasteiger charge is 2.22. The average Bonchev–Trinajstić information content (AvgIpc) is 3.21. The molecule has 5 nitrogen and oxygen atoms in total. The van der Waals surface area contributed by atoms with Crippen molar-refractivity contribution in [2.24, 2.45) is 5.73 Å². The van der Waals surface area contributed by atoms with Crippen molar-refractivity contribution >= 4 is 10.9 Å². The van der Waals surface area contributed by atoms with Crippen LogP contribution in [0.25, 0.3) is 16.6 Å². The molecule has 160 valence electrons. The lowest BCUT2D eigenvalue weighted by Gasteiger charge is -2.26. The van der Waals surface area contributed by atoms with Crippen LogP contribution < -0.4 is 15.2 Å². The average molecular weight is 420 g/mol. The summed E-state index contributed by atoms with van der Waals surface area (Å²) in [6.45, 7) is 2.11. The van der Waals surface area contributed by atoms with Gasteiger partial charge in [0, 0.05) is 11.4 Å². The Morgan fingerprint density at radius 2 is 1.84 bits per heavy atom. The standard InChI is InChI=1S/C25H26FN3O2/c1-3-5-23(27)25(17-6-4-7-21(14-17)30-2)31-22-12-13-24-18(15-22)16-28-29(24)20-10-8-19(26)9-11-20/h4,6-16,23,25H,3,5,27H2,1-2H3/t23-,25+/m0/s1. The van der Waals surface area contributed by atoms with Crippen LogP contribution in [0.5, 0.6) is 11.5 Å². The summed E-state index contributed by atoms with van der Waals surface area (Å²) in [4.78, 5) is 0. The second-order valence-electron chi connectivity index (χ2n) is 7.52. The number of fused-ring (bicyclic) bond motifs is 1.